The van der Waals surface area contributed by atoms with Crippen molar-refractivity contribution >= 4 is 17.3 Å². The molecule has 0 aromatic heterocycles. The zero-order chi connectivity index (χ0) is 16.9. The van der Waals surface area contributed by atoms with Crippen LogP contribution in [-0.4, -0.2) is 19.6 Å². The van der Waals surface area contributed by atoms with E-state index < -0.39 is 0 Å². The number of rotatable bonds is 4. The van der Waals surface area contributed by atoms with Gasteiger partial charge < -0.3 is 15.4 Å². The van der Waals surface area contributed by atoms with E-state index in [1.165, 1.54) is 18.4 Å². The molecule has 0 bridgehead atoms. The summed E-state index contributed by atoms with van der Waals surface area (Å²) < 4.78 is 4.85. The van der Waals surface area contributed by atoms with Crippen molar-refractivity contribution in [3.05, 3.63) is 60.2 Å². The average Bonchev–Trinajstić information content (AvgIpc) is 2.63. The van der Waals surface area contributed by atoms with Crippen LogP contribution in [0.15, 0.2) is 54.6 Å². The number of methoxy groups -OCH3 is 1. The summed E-state index contributed by atoms with van der Waals surface area (Å²) in [7, 11) is 1.46. The van der Waals surface area contributed by atoms with Gasteiger partial charge >= 0.3 is 5.97 Å². The van der Waals surface area contributed by atoms with Crippen molar-refractivity contribution in [3.8, 4) is 0 Å². The van der Waals surface area contributed by atoms with Crippen LogP contribution in [0.4, 0.5) is 11.4 Å². The van der Waals surface area contributed by atoms with Crippen molar-refractivity contribution in [2.75, 3.05) is 24.3 Å². The molecular weight excluding hydrogens is 300 g/mol. The number of piperidine rings is 1. The van der Waals surface area contributed by atoms with Crippen molar-refractivity contribution in [3.63, 3.8) is 0 Å². The van der Waals surface area contributed by atoms with Crippen LogP contribution in [0.2, 0.25) is 0 Å². The lowest BCUT2D eigenvalue weighted by Gasteiger charge is -2.41. The fourth-order valence-electron chi connectivity index (χ4n) is 3.51. The van der Waals surface area contributed by atoms with Crippen LogP contribution in [0.3, 0.4) is 0 Å². The lowest BCUT2D eigenvalue weighted by atomic mass is 9.85. The van der Waals surface area contributed by atoms with Gasteiger partial charge in [0, 0.05) is 24.3 Å². The van der Waals surface area contributed by atoms with Gasteiger partial charge in [-0.25, -0.2) is 0 Å². The Morgan fingerprint density at radius 3 is 2.54 bits per heavy atom. The quantitative estimate of drug-likeness (QED) is 0.687. The van der Waals surface area contributed by atoms with Gasteiger partial charge in [0.25, 0.3) is 0 Å². The summed E-state index contributed by atoms with van der Waals surface area (Å²) in [5.74, 6) is 0.237. The van der Waals surface area contributed by atoms with Crippen LogP contribution in [0.1, 0.15) is 30.9 Å². The van der Waals surface area contributed by atoms with E-state index >= 15 is 0 Å². The summed E-state index contributed by atoms with van der Waals surface area (Å²) in [5, 5.41) is 0. The maximum absolute atomic E-state index is 11.7. The van der Waals surface area contributed by atoms with E-state index in [1.807, 2.05) is 18.2 Å². The standard InChI is InChI=1S/C20H24N2O2/c1-24-20(23)14-15-11-12-22(18-9-7-17(21)8-10-18)19(13-15)16-5-3-2-4-6-16/h2-10,15,19H,11-14,21H2,1H3. The number of esters is 1. The third kappa shape index (κ3) is 3.70. The highest BCUT2D eigenvalue weighted by molar-refractivity contribution is 5.69. The van der Waals surface area contributed by atoms with E-state index in [4.69, 9.17) is 10.5 Å². The van der Waals surface area contributed by atoms with Crippen molar-refractivity contribution in [1.82, 2.24) is 0 Å². The van der Waals surface area contributed by atoms with Crippen LogP contribution in [0.25, 0.3) is 0 Å². The number of hydrogen-bond acceptors (Lipinski definition) is 4. The van der Waals surface area contributed by atoms with Crippen molar-refractivity contribution < 1.29 is 9.53 Å². The predicted molar refractivity (Wildman–Crippen MR) is 96.7 cm³/mol. The van der Waals surface area contributed by atoms with Crippen molar-refractivity contribution in [2.24, 2.45) is 5.92 Å². The van der Waals surface area contributed by atoms with Gasteiger partial charge in [-0.3, -0.25) is 4.79 Å². The van der Waals surface area contributed by atoms with Crippen LogP contribution in [0.5, 0.6) is 0 Å². The molecule has 126 valence electrons. The molecule has 0 spiro atoms. The molecule has 2 atom stereocenters. The zero-order valence-electron chi connectivity index (χ0n) is 14.0. The number of benzene rings is 2. The van der Waals surface area contributed by atoms with Crippen molar-refractivity contribution in [2.45, 2.75) is 25.3 Å². The van der Waals surface area contributed by atoms with Gasteiger partial charge in [0.15, 0.2) is 0 Å². The number of nitrogens with zero attached hydrogens (tertiary/aromatic N) is 1. The van der Waals surface area contributed by atoms with Gasteiger partial charge in [0.1, 0.15) is 0 Å². The monoisotopic (exact) mass is 324 g/mol. The second-order valence-electron chi connectivity index (χ2n) is 6.38. The molecule has 2 unspecified atom stereocenters. The Kier molecular flexibility index (Phi) is 5.04. The molecule has 0 amide bonds. The molecule has 1 aliphatic rings. The molecule has 4 nitrogen and oxygen atoms in total. The number of carbonyl (C=O) groups excluding carboxylic acids is 1. The van der Waals surface area contributed by atoms with Gasteiger partial charge in [-0.1, -0.05) is 30.3 Å². The fraction of sp³-hybridized carbons (Fsp3) is 0.350. The minimum atomic E-state index is -0.118. The van der Waals surface area contributed by atoms with E-state index in [1.54, 1.807) is 0 Å². The Morgan fingerprint density at radius 2 is 1.88 bits per heavy atom. The largest absolute Gasteiger partial charge is 0.469 e. The lowest BCUT2D eigenvalue weighted by Crippen LogP contribution is -2.37. The molecule has 2 aromatic carbocycles. The Labute approximate surface area is 143 Å². The van der Waals surface area contributed by atoms with Gasteiger partial charge in [0.05, 0.1) is 13.2 Å². The molecule has 4 heteroatoms. The number of hydrogen-bond donors (Lipinski definition) is 1. The Hall–Kier alpha value is -2.49. The van der Waals surface area contributed by atoms with Crippen LogP contribution in [-0.2, 0) is 9.53 Å². The molecule has 1 saturated heterocycles. The van der Waals surface area contributed by atoms with E-state index in [0.29, 0.717) is 12.3 Å². The van der Waals surface area contributed by atoms with Crippen LogP contribution < -0.4 is 10.6 Å². The van der Waals surface area contributed by atoms with E-state index in [2.05, 4.69) is 41.3 Å². The Balaban J connectivity index is 1.85. The first kappa shape index (κ1) is 16.4. The maximum atomic E-state index is 11.7. The SMILES string of the molecule is COC(=O)CC1CCN(c2ccc(N)cc2)C(c2ccccc2)C1. The second-order valence-corrected chi connectivity index (χ2v) is 6.38. The number of anilines is 2. The molecule has 1 heterocycles. The molecular formula is C20H24N2O2. The van der Waals surface area contributed by atoms with Gasteiger partial charge in [0.2, 0.25) is 0 Å². The molecule has 1 aliphatic heterocycles. The normalized spacial score (nSPS) is 20.6. The summed E-state index contributed by atoms with van der Waals surface area (Å²) in [6.07, 6.45) is 2.43. The van der Waals surface area contributed by atoms with E-state index in [9.17, 15) is 4.79 Å². The summed E-state index contributed by atoms with van der Waals surface area (Å²) in [6.45, 7) is 0.922. The Morgan fingerprint density at radius 1 is 1.17 bits per heavy atom. The first-order valence-corrected chi connectivity index (χ1v) is 8.41. The number of ether oxygens (including phenoxy) is 1. The molecule has 2 N–H and O–H groups in total. The molecule has 0 aliphatic carbocycles. The minimum absolute atomic E-state index is 0.118. The number of nitrogens with two attached hydrogens (primary N) is 1. The third-order valence-corrected chi connectivity index (χ3v) is 4.80. The molecule has 3 rings (SSSR count). The summed E-state index contributed by atoms with van der Waals surface area (Å²) in [5.41, 5.74) is 9.05. The predicted octanol–water partition coefficient (Wildman–Crippen LogP) is 3.79. The fourth-order valence-corrected chi connectivity index (χ4v) is 3.51. The van der Waals surface area contributed by atoms with Crippen LogP contribution >= 0.6 is 0 Å². The lowest BCUT2D eigenvalue weighted by molar-refractivity contribution is -0.141. The molecule has 0 saturated carbocycles. The molecule has 2 aromatic rings. The number of carbonyl (C=O) groups is 1. The molecule has 1 fully saturated rings. The second kappa shape index (κ2) is 7.39. The minimum Gasteiger partial charge on any atom is -0.469 e. The zero-order valence-corrected chi connectivity index (χ0v) is 14.0. The van der Waals surface area contributed by atoms with Gasteiger partial charge in [-0.2, -0.15) is 0 Å². The maximum Gasteiger partial charge on any atom is 0.305 e. The van der Waals surface area contributed by atoms with Crippen molar-refractivity contribution in [1.29, 1.82) is 0 Å². The molecule has 0 radical (unpaired) electrons. The topological polar surface area (TPSA) is 55.6 Å². The third-order valence-electron chi connectivity index (χ3n) is 4.80. The highest BCUT2D eigenvalue weighted by Gasteiger charge is 2.31. The first-order chi connectivity index (χ1) is 11.7. The molecule has 24 heavy (non-hydrogen) atoms. The first-order valence-electron chi connectivity index (χ1n) is 8.41. The smallest absolute Gasteiger partial charge is 0.305 e. The Bertz CT molecular complexity index is 670. The average molecular weight is 324 g/mol. The van der Waals surface area contributed by atoms with E-state index in [0.717, 1.165) is 25.1 Å². The number of nitrogen functional groups attached to an aromatic ring is 1. The highest BCUT2D eigenvalue weighted by Crippen LogP contribution is 2.38. The summed E-state index contributed by atoms with van der Waals surface area (Å²) in [6, 6.07) is 18.8. The highest BCUT2D eigenvalue weighted by atomic mass is 16.5. The van der Waals surface area contributed by atoms with Gasteiger partial charge in [-0.15, -0.1) is 0 Å². The van der Waals surface area contributed by atoms with E-state index in [-0.39, 0.29) is 12.0 Å². The van der Waals surface area contributed by atoms with Crippen LogP contribution in [0, 0.1) is 5.92 Å². The summed E-state index contributed by atoms with van der Waals surface area (Å²) >= 11 is 0. The summed E-state index contributed by atoms with van der Waals surface area (Å²) in [4.78, 5) is 14.1. The van der Waals surface area contributed by atoms with Gasteiger partial charge in [-0.05, 0) is 48.6 Å².